The average Bonchev–Trinajstić information content (AvgIpc) is 3.10. The van der Waals surface area contributed by atoms with Crippen molar-refractivity contribution in [1.29, 1.82) is 0 Å². The Morgan fingerprint density at radius 1 is 0.474 bits per heavy atom. The van der Waals surface area contributed by atoms with Gasteiger partial charge in [0, 0.05) is 0 Å². The van der Waals surface area contributed by atoms with Crippen LogP contribution in [-0.4, -0.2) is 21.4 Å². The van der Waals surface area contributed by atoms with E-state index in [2.05, 4.69) is 0 Å². The van der Waals surface area contributed by atoms with Crippen LogP contribution < -0.4 is 0 Å². The molecule has 3 rings (SSSR count). The summed E-state index contributed by atoms with van der Waals surface area (Å²) in [6.07, 6.45) is 19.1. The van der Waals surface area contributed by atoms with Crippen LogP contribution >= 0.6 is 0 Å². The van der Waals surface area contributed by atoms with Crippen LogP contribution in [0.3, 0.4) is 0 Å². The van der Waals surface area contributed by atoms with Gasteiger partial charge in [-0.15, -0.1) is 0 Å². The first-order valence-corrected chi connectivity index (χ1v) is 16.4. The summed E-state index contributed by atoms with van der Waals surface area (Å²) in [5.41, 5.74) is 0. The summed E-state index contributed by atoms with van der Waals surface area (Å²) in [7, 11) is 0. The van der Waals surface area contributed by atoms with E-state index in [0.717, 1.165) is 0 Å². The Kier molecular flexibility index (Phi) is 6.04. The van der Waals surface area contributed by atoms with Crippen molar-refractivity contribution in [2.75, 3.05) is 0 Å². The van der Waals surface area contributed by atoms with Gasteiger partial charge in [0.1, 0.15) is 0 Å². The zero-order valence-electron chi connectivity index (χ0n) is 12.9. The predicted octanol–water partition coefficient (Wildman–Crippen LogP) is 6.05. The monoisotopic (exact) mass is 364 g/mol. The van der Waals surface area contributed by atoms with Crippen LogP contribution in [0.2, 0.25) is 12.5 Å². The molecule has 0 nitrogen and oxygen atoms in total. The Labute approximate surface area is 128 Å². The number of hydrogen-bond donors (Lipinski definition) is 0. The van der Waals surface area contributed by atoms with Crippen molar-refractivity contribution in [2.24, 2.45) is 17.8 Å². The molecule has 0 N–H and O–H groups in total. The van der Waals surface area contributed by atoms with E-state index in [1.165, 1.54) is 17.8 Å². The summed E-state index contributed by atoms with van der Waals surface area (Å²) in [5.74, 6) is 3.64. The predicted molar refractivity (Wildman–Crippen MR) is 86.0 cm³/mol. The van der Waals surface area contributed by atoms with Crippen LogP contribution in [0.1, 0.15) is 77.0 Å². The zero-order chi connectivity index (χ0) is 12.9. The quantitative estimate of drug-likeness (QED) is 0.538. The number of hydrogen-bond acceptors (Lipinski definition) is 0. The summed E-state index contributed by atoms with van der Waals surface area (Å²) in [6.45, 7) is 0. The van der Waals surface area contributed by atoms with Crippen molar-refractivity contribution in [3.05, 3.63) is 0 Å². The van der Waals surface area contributed by atoms with Gasteiger partial charge < -0.3 is 0 Å². The average molecular weight is 364 g/mol. The maximum atomic E-state index is 1.81. The third kappa shape index (κ3) is 4.68. The van der Waals surface area contributed by atoms with Gasteiger partial charge in [0.25, 0.3) is 0 Å². The molecule has 0 unspecified atom stereocenters. The summed E-state index contributed by atoms with van der Waals surface area (Å²) in [5, 5.41) is 0. The molecular formula is C18H33In. The van der Waals surface area contributed by atoms with Crippen LogP contribution in [0.5, 0.6) is 0 Å². The van der Waals surface area contributed by atoms with Crippen molar-refractivity contribution >= 4 is 21.4 Å². The fourth-order valence-corrected chi connectivity index (χ4v) is 19.2. The second-order valence-electron chi connectivity index (χ2n) is 8.02. The van der Waals surface area contributed by atoms with Crippen LogP contribution in [0.25, 0.3) is 0 Å². The first kappa shape index (κ1) is 14.8. The van der Waals surface area contributed by atoms with Crippen LogP contribution in [0, 0.1) is 17.8 Å². The van der Waals surface area contributed by atoms with Gasteiger partial charge in [0.2, 0.25) is 0 Å². The molecule has 19 heavy (non-hydrogen) atoms. The molecule has 3 aliphatic rings. The SMILES string of the molecule is C1CCC([CH2][In]([CH2]C2CCCC2)[CH2]C2CCCC2)C1. The van der Waals surface area contributed by atoms with E-state index in [1.807, 2.05) is 12.5 Å². The summed E-state index contributed by atoms with van der Waals surface area (Å²) in [4.78, 5) is 0. The van der Waals surface area contributed by atoms with E-state index in [9.17, 15) is 0 Å². The molecule has 0 amide bonds. The topological polar surface area (TPSA) is 0 Å². The van der Waals surface area contributed by atoms with Gasteiger partial charge in [-0.2, -0.15) is 0 Å². The van der Waals surface area contributed by atoms with Gasteiger partial charge in [-0.1, -0.05) is 0 Å². The van der Waals surface area contributed by atoms with Crippen molar-refractivity contribution in [1.82, 2.24) is 0 Å². The first-order chi connectivity index (χ1) is 9.40. The second-order valence-corrected chi connectivity index (χ2v) is 17.0. The molecule has 0 aromatic rings. The molecule has 0 saturated heterocycles. The van der Waals surface area contributed by atoms with E-state index in [4.69, 9.17) is 0 Å². The van der Waals surface area contributed by atoms with Gasteiger partial charge >= 0.3 is 129 Å². The molecule has 0 heterocycles. The van der Waals surface area contributed by atoms with E-state index >= 15 is 0 Å². The van der Waals surface area contributed by atoms with Crippen molar-refractivity contribution < 1.29 is 0 Å². The normalized spacial score (nSPS) is 26.5. The molecule has 0 radical (unpaired) electrons. The first-order valence-electron chi connectivity index (χ1n) is 9.40. The van der Waals surface area contributed by atoms with Gasteiger partial charge in [-0.25, -0.2) is 0 Å². The van der Waals surface area contributed by atoms with Crippen molar-refractivity contribution in [3.8, 4) is 0 Å². The van der Waals surface area contributed by atoms with Crippen LogP contribution in [-0.2, 0) is 0 Å². The van der Waals surface area contributed by atoms with E-state index in [-0.39, 0.29) is 0 Å². The molecular weight excluding hydrogens is 331 g/mol. The minimum atomic E-state index is -1.16. The fraction of sp³-hybridized carbons (Fsp3) is 1.00. The van der Waals surface area contributed by atoms with Gasteiger partial charge in [-0.3, -0.25) is 0 Å². The minimum absolute atomic E-state index is 1.16. The number of rotatable bonds is 6. The molecule has 0 aliphatic heterocycles. The van der Waals surface area contributed by atoms with Crippen LogP contribution in [0.4, 0.5) is 0 Å². The van der Waals surface area contributed by atoms with E-state index in [1.54, 1.807) is 77.0 Å². The van der Waals surface area contributed by atoms with Crippen LogP contribution in [0.15, 0.2) is 0 Å². The molecule has 0 bridgehead atoms. The van der Waals surface area contributed by atoms with Crippen molar-refractivity contribution in [3.63, 3.8) is 0 Å². The Hall–Kier alpha value is 0.870. The second kappa shape index (κ2) is 7.76. The molecule has 3 aliphatic carbocycles. The van der Waals surface area contributed by atoms with Gasteiger partial charge in [-0.05, 0) is 0 Å². The Balaban J connectivity index is 1.49. The Bertz CT molecular complexity index is 202. The van der Waals surface area contributed by atoms with E-state index in [0.29, 0.717) is 0 Å². The van der Waals surface area contributed by atoms with Gasteiger partial charge in [0.05, 0.1) is 0 Å². The van der Waals surface area contributed by atoms with E-state index < -0.39 is 21.4 Å². The molecule has 108 valence electrons. The molecule has 3 saturated carbocycles. The third-order valence-corrected chi connectivity index (χ3v) is 17.8. The standard InChI is InChI=1S/3C6H11.In/c3*1-6-4-2-3-5-6;/h3*6H,1-5H2;. The molecule has 0 spiro atoms. The maximum absolute atomic E-state index is 1.81. The Morgan fingerprint density at radius 3 is 1.00 bits per heavy atom. The third-order valence-electron chi connectivity index (χ3n) is 6.42. The summed E-state index contributed by atoms with van der Waals surface area (Å²) >= 11 is -1.16. The molecule has 0 aromatic heterocycles. The van der Waals surface area contributed by atoms with Gasteiger partial charge in [0.15, 0.2) is 0 Å². The molecule has 1 heteroatoms. The molecule has 0 atom stereocenters. The van der Waals surface area contributed by atoms with Crippen molar-refractivity contribution in [2.45, 2.75) is 89.6 Å². The fourth-order valence-electron chi connectivity index (χ4n) is 5.44. The molecule has 3 fully saturated rings. The molecule has 0 aromatic carbocycles. The Morgan fingerprint density at radius 2 is 0.737 bits per heavy atom. The summed E-state index contributed by atoms with van der Waals surface area (Å²) in [6, 6.07) is 0. The summed E-state index contributed by atoms with van der Waals surface area (Å²) < 4.78 is 5.44. The zero-order valence-corrected chi connectivity index (χ0v) is 16.2.